The van der Waals surface area contributed by atoms with Gasteiger partial charge in [-0.15, -0.1) is 0 Å². The zero-order chi connectivity index (χ0) is 15.8. The molecule has 0 radical (unpaired) electrons. The van der Waals surface area contributed by atoms with Crippen LogP contribution in [-0.2, 0) is 17.1 Å². The van der Waals surface area contributed by atoms with Crippen molar-refractivity contribution in [3.05, 3.63) is 46.9 Å². The molecule has 2 aromatic rings. The van der Waals surface area contributed by atoms with Gasteiger partial charge in [0, 0.05) is 18.7 Å². The Kier molecular flexibility index (Phi) is 4.31. The molecule has 5 nitrogen and oxygen atoms in total. The molecule has 1 heterocycles. The number of imidazole rings is 1. The molecule has 1 aromatic carbocycles. The predicted octanol–water partition coefficient (Wildman–Crippen LogP) is 2.39. The number of aromatic nitrogens is 2. The third-order valence-corrected chi connectivity index (χ3v) is 4.87. The van der Waals surface area contributed by atoms with Crippen LogP contribution in [0.4, 0.5) is 8.78 Å². The second kappa shape index (κ2) is 5.70. The number of benzene rings is 1. The molecule has 0 bridgehead atoms. The molecule has 2 rings (SSSR count). The summed E-state index contributed by atoms with van der Waals surface area (Å²) >= 11 is 5.83. The smallest absolute Gasteiger partial charge is 0.261 e. The fourth-order valence-corrected chi connectivity index (χ4v) is 3.43. The Morgan fingerprint density at radius 1 is 1.38 bits per heavy atom. The van der Waals surface area contributed by atoms with Crippen molar-refractivity contribution in [3.63, 3.8) is 0 Å². The Hall–Kier alpha value is -1.51. The molecule has 0 amide bonds. The van der Waals surface area contributed by atoms with E-state index < -0.39 is 27.7 Å². The molecular weight excluding hydrogens is 324 g/mol. The van der Waals surface area contributed by atoms with Crippen molar-refractivity contribution < 1.29 is 17.2 Å². The number of rotatable bonds is 4. The number of hydrogen-bond donors (Lipinski definition) is 1. The van der Waals surface area contributed by atoms with Gasteiger partial charge in [-0.2, -0.15) is 0 Å². The fraction of sp³-hybridized carbons (Fsp3) is 0.250. The van der Waals surface area contributed by atoms with Crippen molar-refractivity contribution in [1.29, 1.82) is 0 Å². The van der Waals surface area contributed by atoms with Gasteiger partial charge in [0.25, 0.3) is 10.0 Å². The minimum Gasteiger partial charge on any atom is -0.324 e. The first-order valence-corrected chi connectivity index (χ1v) is 7.72. The van der Waals surface area contributed by atoms with E-state index in [2.05, 4.69) is 9.71 Å². The monoisotopic (exact) mass is 335 g/mol. The number of halogens is 3. The van der Waals surface area contributed by atoms with Gasteiger partial charge in [0.1, 0.15) is 16.8 Å². The molecular formula is C12H12ClF2N3O2S. The standard InChI is InChI=1S/C12H12ClF2N3O2S/c1-7(9-5-8(14)3-4-10(9)15)17-21(19,20)12-11(13)18(2)6-16-12/h3-7,17H,1-2H3/t7-/m0/s1. The molecule has 9 heteroatoms. The predicted molar refractivity (Wildman–Crippen MR) is 73.3 cm³/mol. The van der Waals surface area contributed by atoms with E-state index in [1.54, 1.807) is 0 Å². The molecule has 1 aromatic heterocycles. The van der Waals surface area contributed by atoms with Crippen molar-refractivity contribution in [3.8, 4) is 0 Å². The topological polar surface area (TPSA) is 64.0 Å². The van der Waals surface area contributed by atoms with E-state index in [-0.39, 0.29) is 15.7 Å². The van der Waals surface area contributed by atoms with Crippen molar-refractivity contribution in [2.24, 2.45) is 7.05 Å². The van der Waals surface area contributed by atoms with Crippen LogP contribution in [0.3, 0.4) is 0 Å². The second-order valence-corrected chi connectivity index (χ2v) is 6.45. The molecule has 1 atom stereocenters. The number of nitrogens with one attached hydrogen (secondary N) is 1. The normalized spacial score (nSPS) is 13.4. The van der Waals surface area contributed by atoms with E-state index in [1.165, 1.54) is 24.9 Å². The fourth-order valence-electron chi connectivity index (χ4n) is 1.77. The minimum absolute atomic E-state index is 0.0746. The molecule has 0 unspecified atom stereocenters. The Morgan fingerprint density at radius 3 is 2.62 bits per heavy atom. The maximum atomic E-state index is 13.6. The van der Waals surface area contributed by atoms with Crippen molar-refractivity contribution >= 4 is 21.6 Å². The van der Waals surface area contributed by atoms with Crippen LogP contribution in [0.1, 0.15) is 18.5 Å². The number of hydrogen-bond acceptors (Lipinski definition) is 3. The summed E-state index contributed by atoms with van der Waals surface area (Å²) in [6.45, 7) is 1.40. The van der Waals surface area contributed by atoms with Gasteiger partial charge in [-0.05, 0) is 25.1 Å². The molecule has 0 aliphatic rings. The second-order valence-electron chi connectivity index (χ2n) is 4.46. The first kappa shape index (κ1) is 15.9. The van der Waals surface area contributed by atoms with E-state index in [9.17, 15) is 17.2 Å². The van der Waals surface area contributed by atoms with Gasteiger partial charge in [0.05, 0.1) is 6.33 Å². The van der Waals surface area contributed by atoms with Crippen molar-refractivity contribution in [1.82, 2.24) is 14.3 Å². The zero-order valence-electron chi connectivity index (χ0n) is 11.1. The first-order chi connectivity index (χ1) is 9.72. The lowest BCUT2D eigenvalue weighted by Crippen LogP contribution is -2.28. The van der Waals surface area contributed by atoms with Crippen molar-refractivity contribution in [2.45, 2.75) is 18.0 Å². The van der Waals surface area contributed by atoms with E-state index in [1.807, 2.05) is 0 Å². The van der Waals surface area contributed by atoms with Crippen LogP contribution in [-0.4, -0.2) is 18.0 Å². The summed E-state index contributed by atoms with van der Waals surface area (Å²) in [6, 6.07) is 1.84. The summed E-state index contributed by atoms with van der Waals surface area (Å²) in [6.07, 6.45) is 1.24. The Bertz CT molecular complexity index is 777. The average Bonchev–Trinajstić information content (AvgIpc) is 2.73. The van der Waals surface area contributed by atoms with Crippen LogP contribution in [0.15, 0.2) is 29.6 Å². The summed E-state index contributed by atoms with van der Waals surface area (Å²) in [4.78, 5) is 3.69. The number of sulfonamides is 1. The van der Waals surface area contributed by atoms with Gasteiger partial charge in [-0.1, -0.05) is 11.6 Å². The quantitative estimate of drug-likeness (QED) is 0.933. The molecule has 0 aliphatic heterocycles. The van der Waals surface area contributed by atoms with Gasteiger partial charge in [0.15, 0.2) is 0 Å². The molecule has 0 saturated heterocycles. The molecule has 0 aliphatic carbocycles. The molecule has 21 heavy (non-hydrogen) atoms. The Balaban J connectivity index is 2.32. The zero-order valence-corrected chi connectivity index (χ0v) is 12.7. The molecule has 0 saturated carbocycles. The minimum atomic E-state index is -4.05. The SMILES string of the molecule is C[C@H](NS(=O)(=O)c1ncn(C)c1Cl)c1cc(F)ccc1F. The molecule has 0 spiro atoms. The van der Waals surface area contributed by atoms with E-state index >= 15 is 0 Å². The van der Waals surface area contributed by atoms with E-state index in [0.717, 1.165) is 18.2 Å². The van der Waals surface area contributed by atoms with Crippen LogP contribution < -0.4 is 4.72 Å². The Labute approximate surface area is 125 Å². The van der Waals surface area contributed by atoms with Crippen LogP contribution in [0.2, 0.25) is 5.15 Å². The largest absolute Gasteiger partial charge is 0.324 e. The lowest BCUT2D eigenvalue weighted by molar-refractivity contribution is 0.540. The lowest BCUT2D eigenvalue weighted by atomic mass is 10.1. The van der Waals surface area contributed by atoms with Gasteiger partial charge >= 0.3 is 0 Å². The highest BCUT2D eigenvalue weighted by molar-refractivity contribution is 7.89. The lowest BCUT2D eigenvalue weighted by Gasteiger charge is -2.14. The van der Waals surface area contributed by atoms with Gasteiger partial charge in [0.2, 0.25) is 5.03 Å². The number of nitrogens with zero attached hydrogens (tertiary/aromatic N) is 2. The van der Waals surface area contributed by atoms with Crippen LogP contribution in [0.25, 0.3) is 0 Å². The maximum absolute atomic E-state index is 13.6. The van der Waals surface area contributed by atoms with Crippen LogP contribution in [0.5, 0.6) is 0 Å². The maximum Gasteiger partial charge on any atom is 0.261 e. The third kappa shape index (κ3) is 3.22. The van der Waals surface area contributed by atoms with Crippen LogP contribution in [0, 0.1) is 11.6 Å². The van der Waals surface area contributed by atoms with Crippen molar-refractivity contribution in [2.75, 3.05) is 0 Å². The molecule has 1 N–H and O–H groups in total. The highest BCUT2D eigenvalue weighted by Crippen LogP contribution is 2.23. The first-order valence-electron chi connectivity index (χ1n) is 5.86. The Morgan fingerprint density at radius 2 is 2.05 bits per heavy atom. The van der Waals surface area contributed by atoms with E-state index in [0.29, 0.717) is 0 Å². The summed E-state index contributed by atoms with van der Waals surface area (Å²) in [5.41, 5.74) is -0.106. The average molecular weight is 336 g/mol. The molecule has 114 valence electrons. The molecule has 0 fully saturated rings. The summed E-state index contributed by atoms with van der Waals surface area (Å²) in [5.74, 6) is -1.37. The number of aryl methyl sites for hydroxylation is 1. The summed E-state index contributed by atoms with van der Waals surface area (Å²) < 4.78 is 54.6. The highest BCUT2D eigenvalue weighted by atomic mass is 35.5. The summed E-state index contributed by atoms with van der Waals surface area (Å²) in [5, 5.41) is -0.440. The van der Waals surface area contributed by atoms with Gasteiger partial charge in [-0.3, -0.25) is 0 Å². The van der Waals surface area contributed by atoms with Gasteiger partial charge < -0.3 is 4.57 Å². The highest BCUT2D eigenvalue weighted by Gasteiger charge is 2.26. The third-order valence-electron chi connectivity index (χ3n) is 2.85. The summed E-state index contributed by atoms with van der Waals surface area (Å²) in [7, 11) is -2.52. The van der Waals surface area contributed by atoms with E-state index in [4.69, 9.17) is 11.6 Å². The van der Waals surface area contributed by atoms with Gasteiger partial charge in [-0.25, -0.2) is 26.9 Å². The van der Waals surface area contributed by atoms with Crippen LogP contribution >= 0.6 is 11.6 Å².